The van der Waals surface area contributed by atoms with Gasteiger partial charge in [-0.15, -0.1) is 0 Å². The molecule has 1 saturated carbocycles. The van der Waals surface area contributed by atoms with Crippen molar-refractivity contribution < 1.29 is 18.3 Å². The SMILES string of the molecule is CC(O)(Cc1ncc(CC2(C(F)(F)F)CC2)[nH]1)c1ccc(-n2cccn2)cn1. The first kappa shape index (κ1) is 18.7. The maximum absolute atomic E-state index is 13.1. The molecule has 1 unspecified atom stereocenters. The number of pyridine rings is 1. The van der Waals surface area contributed by atoms with Crippen molar-refractivity contribution in [2.45, 2.75) is 44.4 Å². The highest BCUT2D eigenvalue weighted by atomic mass is 19.4. The lowest BCUT2D eigenvalue weighted by atomic mass is 9.97. The summed E-state index contributed by atoms with van der Waals surface area (Å²) < 4.78 is 41.0. The molecule has 1 fully saturated rings. The van der Waals surface area contributed by atoms with Crippen molar-refractivity contribution in [3.05, 3.63) is 60.2 Å². The van der Waals surface area contributed by atoms with Crippen molar-refractivity contribution in [2.75, 3.05) is 0 Å². The van der Waals surface area contributed by atoms with E-state index in [1.165, 1.54) is 6.20 Å². The van der Waals surface area contributed by atoms with E-state index in [-0.39, 0.29) is 25.7 Å². The lowest BCUT2D eigenvalue weighted by Gasteiger charge is -2.22. The number of H-pyrrole nitrogens is 1. The molecule has 1 aliphatic carbocycles. The Balaban J connectivity index is 1.46. The van der Waals surface area contributed by atoms with Crippen molar-refractivity contribution in [1.82, 2.24) is 24.7 Å². The Bertz CT molecular complexity index is 941. The number of aliphatic hydroxyl groups is 1. The van der Waals surface area contributed by atoms with Crippen LogP contribution < -0.4 is 0 Å². The van der Waals surface area contributed by atoms with Gasteiger partial charge in [-0.25, -0.2) is 9.67 Å². The summed E-state index contributed by atoms with van der Waals surface area (Å²) in [6.07, 6.45) is 2.56. The van der Waals surface area contributed by atoms with E-state index >= 15 is 0 Å². The molecule has 3 aromatic rings. The fourth-order valence-corrected chi connectivity index (χ4v) is 3.34. The number of rotatable bonds is 6. The third kappa shape index (κ3) is 3.54. The van der Waals surface area contributed by atoms with Crippen molar-refractivity contribution in [3.8, 4) is 5.69 Å². The van der Waals surface area contributed by atoms with Crippen LogP contribution in [0.15, 0.2) is 43.0 Å². The van der Waals surface area contributed by atoms with Gasteiger partial charge in [0.25, 0.3) is 0 Å². The van der Waals surface area contributed by atoms with Gasteiger partial charge in [-0.2, -0.15) is 18.3 Å². The Morgan fingerprint density at radius 3 is 2.57 bits per heavy atom. The molecule has 3 heterocycles. The molecular weight excluding hydrogens is 371 g/mol. The molecule has 0 saturated heterocycles. The predicted octanol–water partition coefficient (Wildman–Crippen LogP) is 3.33. The van der Waals surface area contributed by atoms with Crippen molar-refractivity contribution in [3.63, 3.8) is 0 Å². The van der Waals surface area contributed by atoms with E-state index < -0.39 is 17.2 Å². The van der Waals surface area contributed by atoms with Crippen LogP contribution in [0.2, 0.25) is 0 Å². The van der Waals surface area contributed by atoms with Crippen LogP contribution in [0.5, 0.6) is 0 Å². The number of nitrogens with one attached hydrogen (secondary N) is 1. The van der Waals surface area contributed by atoms with Crippen molar-refractivity contribution in [1.29, 1.82) is 0 Å². The maximum atomic E-state index is 13.1. The van der Waals surface area contributed by atoms with Gasteiger partial charge < -0.3 is 10.1 Å². The van der Waals surface area contributed by atoms with E-state index in [1.807, 2.05) is 0 Å². The summed E-state index contributed by atoms with van der Waals surface area (Å²) in [4.78, 5) is 11.4. The van der Waals surface area contributed by atoms with Gasteiger partial charge in [0.15, 0.2) is 0 Å². The summed E-state index contributed by atoms with van der Waals surface area (Å²) in [5.74, 6) is 0.427. The molecule has 2 N–H and O–H groups in total. The molecule has 28 heavy (non-hydrogen) atoms. The first-order chi connectivity index (χ1) is 13.2. The largest absolute Gasteiger partial charge is 0.394 e. The minimum Gasteiger partial charge on any atom is -0.383 e. The van der Waals surface area contributed by atoms with Crippen LogP contribution in [0, 0.1) is 5.41 Å². The molecule has 0 bridgehead atoms. The van der Waals surface area contributed by atoms with Gasteiger partial charge in [0.2, 0.25) is 0 Å². The zero-order valence-electron chi connectivity index (χ0n) is 15.2. The smallest absolute Gasteiger partial charge is 0.383 e. The molecule has 1 atom stereocenters. The third-order valence-corrected chi connectivity index (χ3v) is 5.25. The molecule has 0 aliphatic heterocycles. The first-order valence-electron chi connectivity index (χ1n) is 8.97. The predicted molar refractivity (Wildman–Crippen MR) is 94.6 cm³/mol. The van der Waals surface area contributed by atoms with Crippen LogP contribution in [0.4, 0.5) is 13.2 Å². The Hall–Kier alpha value is -2.68. The Labute approximate surface area is 159 Å². The fraction of sp³-hybridized carbons (Fsp3) is 0.421. The zero-order chi connectivity index (χ0) is 20.0. The van der Waals surface area contributed by atoms with Gasteiger partial charge in [-0.3, -0.25) is 4.98 Å². The zero-order valence-corrected chi connectivity index (χ0v) is 15.2. The highest BCUT2D eigenvalue weighted by Crippen LogP contribution is 2.59. The Morgan fingerprint density at radius 2 is 2.00 bits per heavy atom. The van der Waals surface area contributed by atoms with Gasteiger partial charge in [0, 0.05) is 37.1 Å². The number of aromatic nitrogens is 5. The van der Waals surface area contributed by atoms with E-state index in [0.29, 0.717) is 17.2 Å². The summed E-state index contributed by atoms with van der Waals surface area (Å²) >= 11 is 0. The van der Waals surface area contributed by atoms with Gasteiger partial charge in [0.1, 0.15) is 11.4 Å². The molecule has 148 valence electrons. The molecule has 1 aliphatic rings. The molecule has 0 radical (unpaired) electrons. The highest BCUT2D eigenvalue weighted by molar-refractivity contribution is 5.30. The van der Waals surface area contributed by atoms with Crippen LogP contribution in [-0.4, -0.2) is 36.0 Å². The van der Waals surface area contributed by atoms with Gasteiger partial charge in [0.05, 0.1) is 23.0 Å². The summed E-state index contributed by atoms with van der Waals surface area (Å²) in [5, 5.41) is 14.9. The van der Waals surface area contributed by atoms with Crippen molar-refractivity contribution >= 4 is 0 Å². The average Bonchev–Trinajstić information content (AvgIpc) is 3.04. The molecule has 0 aromatic carbocycles. The van der Waals surface area contributed by atoms with E-state index in [9.17, 15) is 18.3 Å². The number of hydrogen-bond acceptors (Lipinski definition) is 4. The summed E-state index contributed by atoms with van der Waals surface area (Å²) in [5.41, 5.74) is -1.31. The summed E-state index contributed by atoms with van der Waals surface area (Å²) in [6, 6.07) is 5.28. The Morgan fingerprint density at radius 1 is 1.21 bits per heavy atom. The fourth-order valence-electron chi connectivity index (χ4n) is 3.34. The molecular formula is C19H20F3N5O. The van der Waals surface area contributed by atoms with Crippen LogP contribution in [0.25, 0.3) is 5.69 Å². The van der Waals surface area contributed by atoms with E-state index in [0.717, 1.165) is 5.69 Å². The maximum Gasteiger partial charge on any atom is 0.394 e. The topological polar surface area (TPSA) is 79.6 Å². The van der Waals surface area contributed by atoms with Gasteiger partial charge >= 0.3 is 6.18 Å². The number of hydrogen-bond donors (Lipinski definition) is 2. The second-order valence-electron chi connectivity index (χ2n) is 7.61. The molecule has 6 nitrogen and oxygen atoms in total. The lowest BCUT2D eigenvalue weighted by molar-refractivity contribution is -0.186. The van der Waals surface area contributed by atoms with Crippen LogP contribution in [0.3, 0.4) is 0 Å². The number of aromatic amines is 1. The average molecular weight is 391 g/mol. The van der Waals surface area contributed by atoms with Gasteiger partial charge in [-0.1, -0.05) is 0 Å². The lowest BCUT2D eigenvalue weighted by Crippen LogP contribution is -2.27. The molecule has 4 rings (SSSR count). The third-order valence-electron chi connectivity index (χ3n) is 5.25. The highest BCUT2D eigenvalue weighted by Gasteiger charge is 2.62. The number of halogens is 3. The molecule has 3 aromatic heterocycles. The van der Waals surface area contributed by atoms with Crippen LogP contribution in [-0.2, 0) is 18.4 Å². The Kier molecular flexibility index (Phi) is 4.29. The minimum absolute atomic E-state index is 0.109. The molecule has 9 heteroatoms. The van der Waals surface area contributed by atoms with E-state index in [2.05, 4.69) is 20.1 Å². The molecule has 0 amide bonds. The minimum atomic E-state index is -4.20. The van der Waals surface area contributed by atoms with Crippen LogP contribution >= 0.6 is 0 Å². The monoisotopic (exact) mass is 391 g/mol. The quantitative estimate of drug-likeness (QED) is 0.676. The van der Waals surface area contributed by atoms with Crippen molar-refractivity contribution in [2.24, 2.45) is 5.41 Å². The first-order valence-corrected chi connectivity index (χ1v) is 8.97. The summed E-state index contributed by atoms with van der Waals surface area (Å²) in [6.45, 7) is 1.60. The summed E-state index contributed by atoms with van der Waals surface area (Å²) in [7, 11) is 0. The van der Waals surface area contributed by atoms with E-state index in [4.69, 9.17) is 0 Å². The molecule has 0 spiro atoms. The standard InChI is InChI=1S/C19H20F3N5O/c1-17(28,15-4-3-14(12-23-15)27-8-2-7-25-27)10-16-24-11-13(26-16)9-18(5-6-18)19(20,21)22/h2-4,7-8,11-12,28H,5-6,9-10H2,1H3,(H,24,26). The number of imidazole rings is 1. The number of nitrogens with zero attached hydrogens (tertiary/aromatic N) is 4. The normalized spacial score (nSPS) is 18.0. The second kappa shape index (κ2) is 6.44. The second-order valence-corrected chi connectivity index (χ2v) is 7.61. The number of alkyl halides is 3. The van der Waals surface area contributed by atoms with Crippen LogP contribution in [0.1, 0.15) is 37.0 Å². The van der Waals surface area contributed by atoms with Gasteiger partial charge in [-0.05, 0) is 38.0 Å². The van der Waals surface area contributed by atoms with E-state index in [1.54, 1.807) is 48.4 Å².